The molecular formula is C23H25FN6O3. The van der Waals surface area contributed by atoms with Crippen molar-refractivity contribution in [1.29, 1.82) is 0 Å². The zero-order chi connectivity index (χ0) is 23.4. The number of hydrogen-bond donors (Lipinski definition) is 1. The van der Waals surface area contributed by atoms with Crippen LogP contribution in [0.3, 0.4) is 0 Å². The van der Waals surface area contributed by atoms with Crippen molar-refractivity contribution >= 4 is 17.5 Å². The third kappa shape index (κ3) is 5.16. The fourth-order valence-corrected chi connectivity index (χ4v) is 4.06. The first kappa shape index (κ1) is 22.4. The number of ether oxygens (including phenoxy) is 1. The van der Waals surface area contributed by atoms with Crippen LogP contribution in [0.2, 0.25) is 0 Å². The Labute approximate surface area is 190 Å². The highest BCUT2D eigenvalue weighted by Gasteiger charge is 2.29. The van der Waals surface area contributed by atoms with Gasteiger partial charge in [-0.2, -0.15) is 0 Å². The molecule has 0 aliphatic carbocycles. The van der Waals surface area contributed by atoms with E-state index in [2.05, 4.69) is 34.7 Å². The Morgan fingerprint density at radius 1 is 1.12 bits per heavy atom. The van der Waals surface area contributed by atoms with Crippen LogP contribution >= 0.6 is 0 Å². The van der Waals surface area contributed by atoms with Crippen LogP contribution in [0.25, 0.3) is 5.69 Å². The average molecular weight is 452 g/mol. The van der Waals surface area contributed by atoms with Crippen LogP contribution < -0.4 is 10.1 Å². The maximum Gasteiger partial charge on any atom is 0.260 e. The van der Waals surface area contributed by atoms with Crippen LogP contribution in [0.5, 0.6) is 5.75 Å². The lowest BCUT2D eigenvalue weighted by molar-refractivity contribution is -0.139. The molecule has 2 unspecified atom stereocenters. The molecule has 2 atom stereocenters. The van der Waals surface area contributed by atoms with E-state index >= 15 is 0 Å². The van der Waals surface area contributed by atoms with Gasteiger partial charge in [-0.15, -0.1) is 5.10 Å². The summed E-state index contributed by atoms with van der Waals surface area (Å²) in [6.07, 6.45) is 4.50. The Morgan fingerprint density at radius 3 is 2.52 bits per heavy atom. The molecule has 1 aliphatic heterocycles. The van der Waals surface area contributed by atoms with E-state index in [4.69, 9.17) is 4.74 Å². The van der Waals surface area contributed by atoms with E-state index in [0.29, 0.717) is 17.0 Å². The van der Waals surface area contributed by atoms with Crippen LogP contribution in [0.15, 0.2) is 48.8 Å². The minimum atomic E-state index is -0.584. The topological polar surface area (TPSA) is 102 Å². The molecule has 2 heterocycles. The molecule has 1 aromatic heterocycles. The van der Waals surface area contributed by atoms with Crippen LogP contribution in [0.1, 0.15) is 43.5 Å². The predicted octanol–water partition coefficient (Wildman–Crippen LogP) is 3.22. The second-order valence-corrected chi connectivity index (χ2v) is 8.12. The highest BCUT2D eigenvalue weighted by atomic mass is 19.1. The Hall–Kier alpha value is -3.82. The molecule has 9 nitrogen and oxygen atoms in total. The van der Waals surface area contributed by atoms with Crippen molar-refractivity contribution in [2.24, 2.45) is 0 Å². The van der Waals surface area contributed by atoms with Crippen LogP contribution in [0, 0.1) is 5.82 Å². The largest absolute Gasteiger partial charge is 0.484 e. The summed E-state index contributed by atoms with van der Waals surface area (Å²) in [5, 5.41) is 13.4. The lowest BCUT2D eigenvalue weighted by Gasteiger charge is -2.38. The first-order valence-corrected chi connectivity index (χ1v) is 10.8. The molecule has 1 aliphatic rings. The average Bonchev–Trinajstić information content (AvgIpc) is 3.34. The molecule has 0 bridgehead atoms. The van der Waals surface area contributed by atoms with Gasteiger partial charge in [-0.3, -0.25) is 9.59 Å². The minimum Gasteiger partial charge on any atom is -0.484 e. The number of piperidine rings is 1. The van der Waals surface area contributed by atoms with Gasteiger partial charge in [0, 0.05) is 17.6 Å². The number of halogens is 1. The zero-order valence-corrected chi connectivity index (χ0v) is 18.4. The molecule has 33 heavy (non-hydrogen) atoms. The fraction of sp³-hybridized carbons (Fsp3) is 0.348. The minimum absolute atomic E-state index is 0.00342. The molecule has 10 heteroatoms. The van der Waals surface area contributed by atoms with Crippen molar-refractivity contribution in [3.05, 3.63) is 60.2 Å². The van der Waals surface area contributed by atoms with Crippen molar-refractivity contribution in [2.45, 2.75) is 45.2 Å². The molecule has 0 saturated carbocycles. The van der Waals surface area contributed by atoms with E-state index in [1.165, 1.54) is 29.2 Å². The number of aromatic nitrogens is 4. The van der Waals surface area contributed by atoms with E-state index in [1.54, 1.807) is 24.3 Å². The second kappa shape index (κ2) is 9.76. The lowest BCUT2D eigenvalue weighted by atomic mass is 9.97. The quantitative estimate of drug-likeness (QED) is 0.616. The Balaban J connectivity index is 1.37. The number of nitrogens with zero attached hydrogens (tertiary/aromatic N) is 5. The number of rotatable bonds is 6. The van der Waals surface area contributed by atoms with Gasteiger partial charge in [0.15, 0.2) is 6.61 Å². The number of tetrazole rings is 1. The summed E-state index contributed by atoms with van der Waals surface area (Å²) in [5.74, 6) is -0.639. The number of anilines is 1. The van der Waals surface area contributed by atoms with Crippen molar-refractivity contribution in [3.63, 3.8) is 0 Å². The number of hydrogen-bond acceptors (Lipinski definition) is 6. The van der Waals surface area contributed by atoms with Gasteiger partial charge in [0.2, 0.25) is 0 Å². The number of likely N-dealkylation sites (tertiary alicyclic amines) is 1. The van der Waals surface area contributed by atoms with Gasteiger partial charge in [0.1, 0.15) is 17.9 Å². The number of amides is 2. The first-order valence-electron chi connectivity index (χ1n) is 10.8. The van der Waals surface area contributed by atoms with E-state index in [-0.39, 0.29) is 30.3 Å². The summed E-state index contributed by atoms with van der Waals surface area (Å²) in [6, 6.07) is 10.9. The molecule has 2 aromatic carbocycles. The lowest BCUT2D eigenvalue weighted by Crippen LogP contribution is -2.49. The Kier molecular flexibility index (Phi) is 6.62. The third-order valence-electron chi connectivity index (χ3n) is 5.77. The summed E-state index contributed by atoms with van der Waals surface area (Å²) < 4.78 is 21.2. The van der Waals surface area contributed by atoms with Crippen LogP contribution in [-0.2, 0) is 4.79 Å². The smallest absolute Gasteiger partial charge is 0.260 e. The van der Waals surface area contributed by atoms with Gasteiger partial charge in [0.25, 0.3) is 11.8 Å². The number of carbonyl (C=O) groups excluding carboxylic acids is 2. The van der Waals surface area contributed by atoms with Gasteiger partial charge in [-0.1, -0.05) is 0 Å². The maximum atomic E-state index is 14.2. The zero-order valence-electron chi connectivity index (χ0n) is 18.4. The van der Waals surface area contributed by atoms with Crippen LogP contribution in [-0.4, -0.2) is 55.6 Å². The van der Waals surface area contributed by atoms with Crippen molar-refractivity contribution in [3.8, 4) is 11.4 Å². The number of nitrogens with one attached hydrogen (secondary N) is 1. The van der Waals surface area contributed by atoms with E-state index < -0.39 is 11.7 Å². The van der Waals surface area contributed by atoms with Gasteiger partial charge in [0.05, 0.1) is 11.4 Å². The number of benzene rings is 2. The first-order chi connectivity index (χ1) is 15.9. The van der Waals surface area contributed by atoms with Crippen molar-refractivity contribution < 1.29 is 18.7 Å². The van der Waals surface area contributed by atoms with Crippen LogP contribution in [0.4, 0.5) is 10.1 Å². The molecule has 4 rings (SSSR count). The molecule has 172 valence electrons. The van der Waals surface area contributed by atoms with E-state index in [0.717, 1.165) is 19.3 Å². The summed E-state index contributed by atoms with van der Waals surface area (Å²) in [5.41, 5.74) is 0.824. The van der Waals surface area contributed by atoms with Gasteiger partial charge in [-0.05, 0) is 86.0 Å². The van der Waals surface area contributed by atoms with E-state index in [1.807, 2.05) is 4.90 Å². The monoisotopic (exact) mass is 452 g/mol. The maximum absolute atomic E-state index is 14.2. The summed E-state index contributed by atoms with van der Waals surface area (Å²) in [6.45, 7) is 4.06. The SMILES string of the molecule is CC1CCCC(C)N1C(=O)COc1ccc(C(=O)Nc2cc(-n3cnnn3)ccc2F)cc1. The molecule has 1 fully saturated rings. The normalized spacial score (nSPS) is 18.1. The third-order valence-corrected chi connectivity index (χ3v) is 5.77. The Bertz CT molecular complexity index is 1110. The molecule has 0 spiro atoms. The molecule has 2 amide bonds. The standard InChI is InChI=1S/C23H25FN6O3/c1-15-4-3-5-16(2)30(15)22(31)13-33-19-9-6-17(7-10-19)23(32)26-21-12-18(8-11-20(21)24)29-14-25-27-28-29/h6-12,14-16H,3-5,13H2,1-2H3,(H,26,32). The highest BCUT2D eigenvalue weighted by Crippen LogP contribution is 2.23. The second-order valence-electron chi connectivity index (χ2n) is 8.12. The van der Waals surface area contributed by atoms with E-state index in [9.17, 15) is 14.0 Å². The fourth-order valence-electron chi connectivity index (χ4n) is 4.06. The van der Waals surface area contributed by atoms with Crippen molar-refractivity contribution in [1.82, 2.24) is 25.1 Å². The summed E-state index contributed by atoms with van der Waals surface area (Å²) >= 11 is 0. The van der Waals surface area contributed by atoms with Crippen molar-refractivity contribution in [2.75, 3.05) is 11.9 Å². The molecule has 0 radical (unpaired) electrons. The summed E-state index contributed by atoms with van der Waals surface area (Å²) in [4.78, 5) is 27.1. The predicted molar refractivity (Wildman–Crippen MR) is 119 cm³/mol. The molecule has 1 N–H and O–H groups in total. The van der Waals surface area contributed by atoms with Gasteiger partial charge in [-0.25, -0.2) is 9.07 Å². The molecular weight excluding hydrogens is 427 g/mol. The Morgan fingerprint density at radius 2 is 1.85 bits per heavy atom. The highest BCUT2D eigenvalue weighted by molar-refractivity contribution is 6.04. The van der Waals surface area contributed by atoms with Gasteiger partial charge >= 0.3 is 0 Å². The molecule has 1 saturated heterocycles. The summed E-state index contributed by atoms with van der Waals surface area (Å²) in [7, 11) is 0. The molecule has 3 aromatic rings. The van der Waals surface area contributed by atoms with Gasteiger partial charge < -0.3 is 15.0 Å². The number of carbonyl (C=O) groups is 2.